The van der Waals surface area contributed by atoms with Crippen molar-refractivity contribution in [1.82, 2.24) is 25.7 Å². The topological polar surface area (TPSA) is 134 Å². The Balaban J connectivity index is 1.32. The van der Waals surface area contributed by atoms with Gasteiger partial charge in [0.25, 0.3) is 5.91 Å². The third-order valence-corrected chi connectivity index (χ3v) is 5.48. The lowest BCUT2D eigenvalue weighted by Gasteiger charge is -2.16. The van der Waals surface area contributed by atoms with Crippen LogP contribution in [0.1, 0.15) is 17.0 Å². The molecule has 178 valence electrons. The van der Waals surface area contributed by atoms with Crippen LogP contribution in [0.2, 0.25) is 0 Å². The van der Waals surface area contributed by atoms with Gasteiger partial charge >= 0.3 is 6.09 Å². The minimum Gasteiger partial charge on any atom is -0.448 e. The van der Waals surface area contributed by atoms with Gasteiger partial charge in [-0.3, -0.25) is 4.79 Å². The van der Waals surface area contributed by atoms with Gasteiger partial charge in [-0.2, -0.15) is 5.10 Å². The van der Waals surface area contributed by atoms with Gasteiger partial charge in [-0.25, -0.2) is 20.2 Å². The highest BCUT2D eigenvalue weighted by molar-refractivity contribution is 7.99. The molecule has 1 aromatic carbocycles. The number of carbonyl (C=O) groups excluding carboxylic acids is 2. The molecule has 0 radical (unpaired) electrons. The fourth-order valence-electron chi connectivity index (χ4n) is 2.94. The number of alkyl carbamates (subject to hydrolysis) is 1. The summed E-state index contributed by atoms with van der Waals surface area (Å²) < 4.78 is 10.9. The van der Waals surface area contributed by atoms with Crippen LogP contribution in [0.4, 0.5) is 4.79 Å². The van der Waals surface area contributed by atoms with Gasteiger partial charge in [-0.05, 0) is 41.6 Å². The molecule has 11 heteroatoms. The van der Waals surface area contributed by atoms with Crippen LogP contribution >= 0.6 is 11.8 Å². The molecule has 4 aromatic rings. The summed E-state index contributed by atoms with van der Waals surface area (Å²) in [7, 11) is 0. The second-order valence-corrected chi connectivity index (χ2v) is 8.23. The van der Waals surface area contributed by atoms with E-state index < -0.39 is 18.0 Å². The van der Waals surface area contributed by atoms with Crippen molar-refractivity contribution in [3.63, 3.8) is 0 Å². The maximum atomic E-state index is 12.7. The molecule has 4 rings (SSSR count). The molecular weight excluding hydrogens is 468 g/mol. The summed E-state index contributed by atoms with van der Waals surface area (Å²) in [5, 5.41) is 7.96. The lowest BCUT2D eigenvalue weighted by atomic mass is 10.1. The van der Waals surface area contributed by atoms with E-state index in [0.717, 1.165) is 10.6 Å². The molecule has 0 aliphatic rings. The van der Waals surface area contributed by atoms with Gasteiger partial charge in [0.1, 0.15) is 23.4 Å². The molecule has 0 unspecified atom stereocenters. The van der Waals surface area contributed by atoms with E-state index >= 15 is 0 Å². The standard InChI is InChI=1S/C24H22N6O4S/c31-23(30-28-14-19-9-10-22(34-19)35-21-8-4-5-11-26-21)20(12-18-13-25-16-27-18)29-24(32)33-15-17-6-2-1-3-7-17/h1-11,13-14,16,20H,12,15H2,(H,25,27)(H,29,32)(H,30,31)/b28-14-/t20-/m0/s1. The maximum Gasteiger partial charge on any atom is 0.408 e. The van der Waals surface area contributed by atoms with Crippen molar-refractivity contribution in [2.45, 2.75) is 29.2 Å². The molecule has 10 nitrogen and oxygen atoms in total. The minimum absolute atomic E-state index is 0.0839. The number of carbonyl (C=O) groups is 2. The lowest BCUT2D eigenvalue weighted by Crippen LogP contribution is -2.47. The van der Waals surface area contributed by atoms with Crippen LogP contribution in [-0.2, 0) is 22.6 Å². The summed E-state index contributed by atoms with van der Waals surface area (Å²) in [6, 6.07) is 17.4. The van der Waals surface area contributed by atoms with Crippen LogP contribution in [0.3, 0.4) is 0 Å². The van der Waals surface area contributed by atoms with Crippen molar-refractivity contribution in [1.29, 1.82) is 0 Å². The number of nitrogens with one attached hydrogen (secondary N) is 3. The monoisotopic (exact) mass is 490 g/mol. The van der Waals surface area contributed by atoms with Crippen molar-refractivity contribution >= 4 is 30.0 Å². The van der Waals surface area contributed by atoms with Crippen LogP contribution in [0.5, 0.6) is 0 Å². The first-order valence-corrected chi connectivity index (χ1v) is 11.4. The van der Waals surface area contributed by atoms with Gasteiger partial charge in [0, 0.05) is 24.5 Å². The number of aromatic amines is 1. The Morgan fingerprint density at radius 3 is 2.77 bits per heavy atom. The summed E-state index contributed by atoms with van der Waals surface area (Å²) in [5.74, 6) is -0.0776. The number of amides is 2. The first-order valence-electron chi connectivity index (χ1n) is 10.6. The van der Waals surface area contributed by atoms with Crippen LogP contribution in [0.15, 0.2) is 99.0 Å². The fraction of sp³-hybridized carbons (Fsp3) is 0.125. The van der Waals surface area contributed by atoms with Crippen LogP contribution in [0.25, 0.3) is 0 Å². The Hall–Kier alpha value is -4.38. The number of H-pyrrole nitrogens is 1. The van der Waals surface area contributed by atoms with E-state index in [1.165, 1.54) is 24.3 Å². The van der Waals surface area contributed by atoms with Gasteiger partial charge in [-0.15, -0.1) is 0 Å². The molecule has 0 fully saturated rings. The number of pyridine rings is 1. The third kappa shape index (κ3) is 7.57. The molecule has 35 heavy (non-hydrogen) atoms. The van der Waals surface area contributed by atoms with E-state index in [2.05, 4.69) is 30.8 Å². The number of nitrogens with zero attached hydrogens (tertiary/aromatic N) is 3. The Morgan fingerprint density at radius 1 is 1.14 bits per heavy atom. The smallest absolute Gasteiger partial charge is 0.408 e. The first-order chi connectivity index (χ1) is 17.2. The fourth-order valence-corrected chi connectivity index (χ4v) is 3.68. The number of imidazole rings is 1. The van der Waals surface area contributed by atoms with E-state index in [0.29, 0.717) is 16.5 Å². The van der Waals surface area contributed by atoms with E-state index in [1.54, 1.807) is 24.5 Å². The molecule has 0 spiro atoms. The van der Waals surface area contributed by atoms with Gasteiger partial charge in [0.15, 0.2) is 5.09 Å². The average Bonchev–Trinajstić information content (AvgIpc) is 3.56. The Bertz CT molecular complexity index is 1250. The van der Waals surface area contributed by atoms with Gasteiger partial charge in [-0.1, -0.05) is 36.4 Å². The molecule has 0 saturated carbocycles. The Morgan fingerprint density at radius 2 is 2.00 bits per heavy atom. The van der Waals surface area contributed by atoms with E-state index in [9.17, 15) is 9.59 Å². The van der Waals surface area contributed by atoms with Crippen molar-refractivity contribution in [3.05, 3.63) is 96.4 Å². The number of hydrogen-bond acceptors (Lipinski definition) is 8. The molecule has 0 bridgehead atoms. The van der Waals surface area contributed by atoms with Crippen molar-refractivity contribution < 1.29 is 18.7 Å². The largest absolute Gasteiger partial charge is 0.448 e. The molecule has 3 aromatic heterocycles. The normalized spacial score (nSPS) is 11.8. The quantitative estimate of drug-likeness (QED) is 0.229. The lowest BCUT2D eigenvalue weighted by molar-refractivity contribution is -0.123. The number of hydrazone groups is 1. The molecule has 1 atom stereocenters. The van der Waals surface area contributed by atoms with Crippen molar-refractivity contribution in [2.24, 2.45) is 5.10 Å². The van der Waals surface area contributed by atoms with Crippen LogP contribution in [0, 0.1) is 0 Å². The molecule has 3 heterocycles. The number of rotatable bonds is 10. The minimum atomic E-state index is -0.942. The molecule has 3 N–H and O–H groups in total. The zero-order valence-electron chi connectivity index (χ0n) is 18.5. The molecular formula is C24H22N6O4S. The second kappa shape index (κ2) is 12.2. The van der Waals surface area contributed by atoms with Crippen LogP contribution < -0.4 is 10.7 Å². The average molecular weight is 491 g/mol. The zero-order valence-corrected chi connectivity index (χ0v) is 19.3. The Labute approximate surface area is 205 Å². The van der Waals surface area contributed by atoms with Gasteiger partial charge in [0.05, 0.1) is 12.5 Å². The highest BCUT2D eigenvalue weighted by Crippen LogP contribution is 2.26. The molecule has 0 aliphatic heterocycles. The molecule has 0 aliphatic carbocycles. The molecule has 2 amide bonds. The summed E-state index contributed by atoms with van der Waals surface area (Å²) in [4.78, 5) is 36.1. The van der Waals surface area contributed by atoms with Crippen molar-refractivity contribution in [3.8, 4) is 0 Å². The number of benzene rings is 1. The zero-order chi connectivity index (χ0) is 24.3. The summed E-state index contributed by atoms with van der Waals surface area (Å²) in [6.07, 6.45) is 5.60. The summed E-state index contributed by atoms with van der Waals surface area (Å²) in [5.41, 5.74) is 3.93. The second-order valence-electron chi connectivity index (χ2n) is 7.20. The number of hydrogen-bond donors (Lipinski definition) is 3. The number of ether oxygens (including phenoxy) is 1. The van der Waals surface area contributed by atoms with Gasteiger partial charge < -0.3 is 19.5 Å². The highest BCUT2D eigenvalue weighted by Gasteiger charge is 2.22. The summed E-state index contributed by atoms with van der Waals surface area (Å²) in [6.45, 7) is 0.0839. The third-order valence-electron chi connectivity index (χ3n) is 4.61. The van der Waals surface area contributed by atoms with E-state index in [1.807, 2.05) is 48.5 Å². The maximum absolute atomic E-state index is 12.7. The predicted octanol–water partition coefficient (Wildman–Crippen LogP) is 3.54. The van der Waals surface area contributed by atoms with E-state index in [-0.39, 0.29) is 13.0 Å². The first kappa shape index (κ1) is 23.8. The van der Waals surface area contributed by atoms with Crippen molar-refractivity contribution in [2.75, 3.05) is 0 Å². The highest BCUT2D eigenvalue weighted by atomic mass is 32.2. The number of furan rings is 1. The summed E-state index contributed by atoms with van der Waals surface area (Å²) >= 11 is 1.37. The van der Waals surface area contributed by atoms with Gasteiger partial charge in [0.2, 0.25) is 0 Å². The van der Waals surface area contributed by atoms with E-state index in [4.69, 9.17) is 9.15 Å². The number of aromatic nitrogens is 3. The van der Waals surface area contributed by atoms with Crippen LogP contribution in [-0.4, -0.2) is 39.2 Å². The predicted molar refractivity (Wildman–Crippen MR) is 129 cm³/mol. The Kier molecular flexibility index (Phi) is 8.28. The SMILES string of the molecule is O=C(N[C@@H](Cc1cnc[nH]1)C(=O)N/N=C\c1ccc(Sc2ccccn2)o1)OCc1ccccc1. The molecule has 0 saturated heterocycles.